The summed E-state index contributed by atoms with van der Waals surface area (Å²) in [7, 11) is 1.49. The molecule has 0 aliphatic heterocycles. The van der Waals surface area contributed by atoms with E-state index in [0.717, 1.165) is 5.56 Å². The van der Waals surface area contributed by atoms with Crippen LogP contribution in [0, 0.1) is 0 Å². The third-order valence-electron chi connectivity index (χ3n) is 2.16. The molecular weight excluding hydrogens is 224 g/mol. The molecule has 0 bridgehead atoms. The molecular formula is C11H14N2O2S. The number of hydrogen-bond acceptors (Lipinski definition) is 3. The minimum atomic E-state index is -0.477. The summed E-state index contributed by atoms with van der Waals surface area (Å²) in [6.45, 7) is 1.68. The second kappa shape index (κ2) is 5.58. The van der Waals surface area contributed by atoms with E-state index in [-0.39, 0.29) is 5.91 Å². The third kappa shape index (κ3) is 3.29. The minimum Gasteiger partial charge on any atom is -0.389 e. The van der Waals surface area contributed by atoms with Gasteiger partial charge in [-0.25, -0.2) is 0 Å². The van der Waals surface area contributed by atoms with Crippen LogP contribution in [0.1, 0.15) is 12.5 Å². The van der Waals surface area contributed by atoms with Crippen LogP contribution in [-0.2, 0) is 9.53 Å². The van der Waals surface area contributed by atoms with Crippen molar-refractivity contribution in [1.82, 2.24) is 0 Å². The molecule has 1 aromatic rings. The molecule has 0 fully saturated rings. The molecule has 1 aromatic carbocycles. The Morgan fingerprint density at radius 1 is 1.44 bits per heavy atom. The smallest absolute Gasteiger partial charge is 0.253 e. The highest BCUT2D eigenvalue weighted by Gasteiger charge is 2.11. The Morgan fingerprint density at radius 2 is 2.00 bits per heavy atom. The van der Waals surface area contributed by atoms with Gasteiger partial charge in [0.25, 0.3) is 5.91 Å². The second-order valence-electron chi connectivity index (χ2n) is 3.31. The monoisotopic (exact) mass is 238 g/mol. The van der Waals surface area contributed by atoms with E-state index in [0.29, 0.717) is 10.7 Å². The second-order valence-corrected chi connectivity index (χ2v) is 3.75. The first-order valence-electron chi connectivity index (χ1n) is 4.78. The number of methoxy groups -OCH3 is 1. The molecule has 1 unspecified atom stereocenters. The maximum absolute atomic E-state index is 11.5. The van der Waals surface area contributed by atoms with Gasteiger partial charge < -0.3 is 15.8 Å². The van der Waals surface area contributed by atoms with Gasteiger partial charge in [-0.05, 0) is 31.2 Å². The predicted octanol–water partition coefficient (Wildman–Crippen LogP) is 1.29. The largest absolute Gasteiger partial charge is 0.389 e. The van der Waals surface area contributed by atoms with Crippen molar-refractivity contribution in [2.24, 2.45) is 5.73 Å². The Balaban J connectivity index is 2.69. The highest BCUT2D eigenvalue weighted by molar-refractivity contribution is 7.80. The number of amides is 1. The molecule has 0 spiro atoms. The van der Waals surface area contributed by atoms with E-state index in [9.17, 15) is 4.79 Å². The van der Waals surface area contributed by atoms with E-state index in [4.69, 9.17) is 22.7 Å². The van der Waals surface area contributed by atoms with E-state index in [1.807, 2.05) is 0 Å². The summed E-state index contributed by atoms with van der Waals surface area (Å²) >= 11 is 4.82. The maximum Gasteiger partial charge on any atom is 0.253 e. The van der Waals surface area contributed by atoms with Gasteiger partial charge in [-0.15, -0.1) is 0 Å². The fraction of sp³-hybridized carbons (Fsp3) is 0.273. The van der Waals surface area contributed by atoms with E-state index in [1.165, 1.54) is 7.11 Å². The van der Waals surface area contributed by atoms with E-state index >= 15 is 0 Å². The van der Waals surface area contributed by atoms with Crippen molar-refractivity contribution in [3.8, 4) is 0 Å². The number of carbonyl (C=O) groups excluding carboxylic acids is 1. The summed E-state index contributed by atoms with van der Waals surface area (Å²) < 4.78 is 4.89. The standard InChI is InChI=1S/C11H14N2O2S/c1-7(15-2)11(14)13-9-5-3-8(4-6-9)10(12)16/h3-7H,1-2H3,(H2,12,16)(H,13,14). The molecule has 0 aliphatic carbocycles. The van der Waals surface area contributed by atoms with E-state index in [2.05, 4.69) is 5.32 Å². The first kappa shape index (κ1) is 12.6. The van der Waals surface area contributed by atoms with Crippen LogP contribution in [0.25, 0.3) is 0 Å². The van der Waals surface area contributed by atoms with Gasteiger partial charge in [0.15, 0.2) is 0 Å². The number of hydrogen-bond donors (Lipinski definition) is 2. The number of nitrogens with one attached hydrogen (secondary N) is 1. The number of rotatable bonds is 4. The van der Waals surface area contributed by atoms with Crippen molar-refractivity contribution < 1.29 is 9.53 Å². The number of carbonyl (C=O) groups is 1. The van der Waals surface area contributed by atoms with Gasteiger partial charge in [-0.1, -0.05) is 12.2 Å². The molecule has 86 valence electrons. The van der Waals surface area contributed by atoms with Crippen molar-refractivity contribution in [3.63, 3.8) is 0 Å². The van der Waals surface area contributed by atoms with E-state index in [1.54, 1.807) is 31.2 Å². The molecule has 5 heteroatoms. The lowest BCUT2D eigenvalue weighted by molar-refractivity contribution is -0.124. The number of nitrogens with two attached hydrogens (primary N) is 1. The van der Waals surface area contributed by atoms with Gasteiger partial charge in [-0.2, -0.15) is 0 Å². The Morgan fingerprint density at radius 3 is 2.44 bits per heavy atom. The lowest BCUT2D eigenvalue weighted by atomic mass is 10.2. The van der Waals surface area contributed by atoms with Crippen molar-refractivity contribution in [2.75, 3.05) is 12.4 Å². The highest BCUT2D eigenvalue weighted by atomic mass is 32.1. The molecule has 3 N–H and O–H groups in total. The lowest BCUT2D eigenvalue weighted by Crippen LogP contribution is -2.26. The van der Waals surface area contributed by atoms with E-state index < -0.39 is 6.10 Å². The summed E-state index contributed by atoms with van der Waals surface area (Å²) in [4.78, 5) is 11.8. The normalized spacial score (nSPS) is 11.9. The zero-order valence-electron chi connectivity index (χ0n) is 9.19. The lowest BCUT2D eigenvalue weighted by Gasteiger charge is -2.10. The van der Waals surface area contributed by atoms with Crippen molar-refractivity contribution in [1.29, 1.82) is 0 Å². The summed E-state index contributed by atoms with van der Waals surface area (Å²) in [6, 6.07) is 7.01. The van der Waals surface area contributed by atoms with Crippen LogP contribution in [0.15, 0.2) is 24.3 Å². The molecule has 0 saturated heterocycles. The minimum absolute atomic E-state index is 0.189. The quantitative estimate of drug-likeness (QED) is 0.776. The average Bonchev–Trinajstić information content (AvgIpc) is 2.28. The van der Waals surface area contributed by atoms with Gasteiger partial charge in [0.1, 0.15) is 11.1 Å². The van der Waals surface area contributed by atoms with Crippen molar-refractivity contribution in [2.45, 2.75) is 13.0 Å². The number of ether oxygens (including phenoxy) is 1. The zero-order valence-corrected chi connectivity index (χ0v) is 10.0. The zero-order chi connectivity index (χ0) is 12.1. The van der Waals surface area contributed by atoms with Crippen LogP contribution in [0.4, 0.5) is 5.69 Å². The molecule has 0 aromatic heterocycles. The van der Waals surface area contributed by atoms with Crippen LogP contribution in [0.5, 0.6) is 0 Å². The number of benzene rings is 1. The van der Waals surface area contributed by atoms with Crippen LogP contribution in [0.3, 0.4) is 0 Å². The average molecular weight is 238 g/mol. The summed E-state index contributed by atoms with van der Waals surface area (Å²) in [5, 5.41) is 2.71. The Labute approximate surface area is 99.8 Å². The summed E-state index contributed by atoms with van der Waals surface area (Å²) in [6.07, 6.45) is -0.477. The first-order valence-corrected chi connectivity index (χ1v) is 5.19. The van der Waals surface area contributed by atoms with Crippen LogP contribution in [-0.4, -0.2) is 24.1 Å². The summed E-state index contributed by atoms with van der Waals surface area (Å²) in [5.41, 5.74) is 6.92. The fourth-order valence-corrected chi connectivity index (χ4v) is 1.20. The molecule has 0 heterocycles. The molecule has 4 nitrogen and oxygen atoms in total. The topological polar surface area (TPSA) is 64.3 Å². The van der Waals surface area contributed by atoms with Crippen molar-refractivity contribution in [3.05, 3.63) is 29.8 Å². The maximum atomic E-state index is 11.5. The van der Waals surface area contributed by atoms with Crippen LogP contribution < -0.4 is 11.1 Å². The summed E-state index contributed by atoms with van der Waals surface area (Å²) in [5.74, 6) is -0.189. The SMILES string of the molecule is COC(C)C(=O)Nc1ccc(C(N)=S)cc1. The van der Waals surface area contributed by atoms with Gasteiger partial charge in [0, 0.05) is 18.4 Å². The van der Waals surface area contributed by atoms with Crippen molar-refractivity contribution >= 4 is 28.8 Å². The highest BCUT2D eigenvalue weighted by Crippen LogP contribution is 2.10. The van der Waals surface area contributed by atoms with Gasteiger partial charge in [0.05, 0.1) is 0 Å². The first-order chi connectivity index (χ1) is 7.54. The number of anilines is 1. The molecule has 0 saturated carbocycles. The molecule has 1 amide bonds. The third-order valence-corrected chi connectivity index (χ3v) is 2.40. The number of thiocarbonyl (C=S) groups is 1. The Bertz CT molecular complexity index is 389. The predicted molar refractivity (Wildman–Crippen MR) is 67.4 cm³/mol. The molecule has 16 heavy (non-hydrogen) atoms. The molecule has 0 radical (unpaired) electrons. The van der Waals surface area contributed by atoms with Gasteiger partial charge in [-0.3, -0.25) is 4.79 Å². The van der Waals surface area contributed by atoms with Crippen LogP contribution >= 0.6 is 12.2 Å². The molecule has 1 atom stereocenters. The van der Waals surface area contributed by atoms with Gasteiger partial charge >= 0.3 is 0 Å². The molecule has 1 rings (SSSR count). The van der Waals surface area contributed by atoms with Gasteiger partial charge in [0.2, 0.25) is 0 Å². The Hall–Kier alpha value is -1.46. The van der Waals surface area contributed by atoms with Crippen LogP contribution in [0.2, 0.25) is 0 Å². The molecule has 0 aliphatic rings. The Kier molecular flexibility index (Phi) is 4.39. The fourth-order valence-electron chi connectivity index (χ4n) is 1.07.